The van der Waals surface area contributed by atoms with E-state index in [4.69, 9.17) is 16.7 Å². The molecule has 1 aromatic heterocycles. The molecule has 1 heterocycles. The maximum absolute atomic E-state index is 8.97. The molecule has 0 aliphatic heterocycles. The third-order valence-corrected chi connectivity index (χ3v) is 1.77. The Balaban J connectivity index is 2.44. The van der Waals surface area contributed by atoms with Gasteiger partial charge in [0.15, 0.2) is 0 Å². The SMILES string of the molecule is CC(O)CCn1ccnc1Cl. The van der Waals surface area contributed by atoms with Crippen LogP contribution in [0.2, 0.25) is 5.28 Å². The van der Waals surface area contributed by atoms with Crippen LogP contribution in [0.1, 0.15) is 13.3 Å². The van der Waals surface area contributed by atoms with Crippen LogP contribution in [0.3, 0.4) is 0 Å². The predicted octanol–water partition coefficient (Wildman–Crippen LogP) is 1.31. The molecule has 0 amide bonds. The highest BCUT2D eigenvalue weighted by Crippen LogP contribution is 2.06. The molecule has 1 unspecified atom stereocenters. The molecule has 0 saturated carbocycles. The van der Waals surface area contributed by atoms with Crippen LogP contribution in [-0.4, -0.2) is 20.8 Å². The number of hydrogen-bond acceptors (Lipinski definition) is 2. The van der Waals surface area contributed by atoms with Crippen LogP contribution in [0.4, 0.5) is 0 Å². The largest absolute Gasteiger partial charge is 0.393 e. The highest BCUT2D eigenvalue weighted by molar-refractivity contribution is 6.28. The highest BCUT2D eigenvalue weighted by atomic mass is 35.5. The molecule has 0 aromatic carbocycles. The molecule has 0 fully saturated rings. The van der Waals surface area contributed by atoms with Crippen LogP contribution in [0.15, 0.2) is 12.4 Å². The number of hydrogen-bond donors (Lipinski definition) is 1. The lowest BCUT2D eigenvalue weighted by Crippen LogP contribution is -2.06. The first-order valence-corrected chi connectivity index (χ1v) is 3.92. The zero-order valence-electron chi connectivity index (χ0n) is 6.37. The molecule has 1 aromatic rings. The molecule has 0 bridgehead atoms. The molecule has 4 heteroatoms. The van der Waals surface area contributed by atoms with Crippen LogP contribution >= 0.6 is 11.6 Å². The van der Waals surface area contributed by atoms with Gasteiger partial charge in [-0.2, -0.15) is 0 Å². The Kier molecular flexibility index (Phi) is 2.91. The number of aliphatic hydroxyl groups excluding tert-OH is 1. The molecular weight excluding hydrogens is 164 g/mol. The third-order valence-electron chi connectivity index (χ3n) is 1.45. The van der Waals surface area contributed by atoms with Gasteiger partial charge in [0.05, 0.1) is 6.10 Å². The number of halogens is 1. The maximum atomic E-state index is 8.97. The molecule has 0 aliphatic carbocycles. The Morgan fingerprint density at radius 1 is 1.82 bits per heavy atom. The zero-order valence-corrected chi connectivity index (χ0v) is 7.12. The van der Waals surface area contributed by atoms with Gasteiger partial charge in [0.25, 0.3) is 0 Å². The Morgan fingerprint density at radius 2 is 2.55 bits per heavy atom. The van der Waals surface area contributed by atoms with E-state index in [1.807, 2.05) is 0 Å². The zero-order chi connectivity index (χ0) is 8.27. The summed E-state index contributed by atoms with van der Waals surface area (Å²) in [6.45, 7) is 2.47. The van der Waals surface area contributed by atoms with E-state index in [9.17, 15) is 0 Å². The molecule has 3 nitrogen and oxygen atoms in total. The minimum atomic E-state index is -0.284. The molecule has 11 heavy (non-hydrogen) atoms. The van der Waals surface area contributed by atoms with Crippen molar-refractivity contribution in [3.8, 4) is 0 Å². The van der Waals surface area contributed by atoms with Gasteiger partial charge in [-0.05, 0) is 24.9 Å². The second-order valence-corrected chi connectivity index (χ2v) is 2.87. The van der Waals surface area contributed by atoms with Crippen LogP contribution in [-0.2, 0) is 6.54 Å². The van der Waals surface area contributed by atoms with Crippen molar-refractivity contribution in [3.05, 3.63) is 17.7 Å². The van der Waals surface area contributed by atoms with Crippen molar-refractivity contribution in [2.45, 2.75) is 26.0 Å². The standard InChI is InChI=1S/C7H11ClN2O/c1-6(11)2-4-10-5-3-9-7(10)8/h3,5-6,11H,2,4H2,1H3. The van der Waals surface area contributed by atoms with Crippen molar-refractivity contribution in [2.24, 2.45) is 0 Å². The average Bonchev–Trinajstić information content (AvgIpc) is 2.31. The fourth-order valence-corrected chi connectivity index (χ4v) is 1.00. The van der Waals surface area contributed by atoms with Crippen LogP contribution in [0.5, 0.6) is 0 Å². The van der Waals surface area contributed by atoms with Crippen molar-refractivity contribution in [3.63, 3.8) is 0 Å². The van der Waals surface area contributed by atoms with Gasteiger partial charge < -0.3 is 9.67 Å². The van der Waals surface area contributed by atoms with Gasteiger partial charge in [-0.3, -0.25) is 0 Å². The summed E-state index contributed by atoms with van der Waals surface area (Å²) in [5.74, 6) is 0. The summed E-state index contributed by atoms with van der Waals surface area (Å²) in [7, 11) is 0. The number of aliphatic hydroxyl groups is 1. The molecule has 1 atom stereocenters. The van der Waals surface area contributed by atoms with Gasteiger partial charge in [0.1, 0.15) is 0 Å². The van der Waals surface area contributed by atoms with Crippen molar-refractivity contribution in [2.75, 3.05) is 0 Å². The predicted molar refractivity (Wildman–Crippen MR) is 43.5 cm³/mol. The Labute approximate surface area is 70.6 Å². The Morgan fingerprint density at radius 3 is 3.00 bits per heavy atom. The molecule has 0 radical (unpaired) electrons. The topological polar surface area (TPSA) is 38.0 Å². The smallest absolute Gasteiger partial charge is 0.202 e. The second-order valence-electron chi connectivity index (χ2n) is 2.53. The number of nitrogens with zero attached hydrogens (tertiary/aromatic N) is 2. The van der Waals surface area contributed by atoms with E-state index in [-0.39, 0.29) is 6.10 Å². The lowest BCUT2D eigenvalue weighted by Gasteiger charge is -2.04. The molecule has 0 spiro atoms. The third kappa shape index (κ3) is 2.52. The summed E-state index contributed by atoms with van der Waals surface area (Å²) >= 11 is 5.69. The average molecular weight is 175 g/mol. The molecule has 62 valence electrons. The summed E-state index contributed by atoms with van der Waals surface area (Å²) in [6.07, 6.45) is 3.86. The van der Waals surface area contributed by atoms with Crippen molar-refractivity contribution in [1.29, 1.82) is 0 Å². The highest BCUT2D eigenvalue weighted by Gasteiger charge is 2.00. The lowest BCUT2D eigenvalue weighted by atomic mass is 10.3. The summed E-state index contributed by atoms with van der Waals surface area (Å²) < 4.78 is 1.80. The van der Waals surface area contributed by atoms with Gasteiger partial charge in [0.2, 0.25) is 5.28 Å². The van der Waals surface area contributed by atoms with E-state index >= 15 is 0 Å². The van der Waals surface area contributed by atoms with Crippen LogP contribution in [0, 0.1) is 0 Å². The molecule has 0 aliphatic rings. The van der Waals surface area contributed by atoms with E-state index in [0.717, 1.165) is 6.54 Å². The minimum absolute atomic E-state index is 0.284. The normalized spacial score (nSPS) is 13.4. The number of aromatic nitrogens is 2. The van der Waals surface area contributed by atoms with Crippen LogP contribution in [0.25, 0.3) is 0 Å². The maximum Gasteiger partial charge on any atom is 0.202 e. The summed E-state index contributed by atoms with van der Waals surface area (Å²) in [5.41, 5.74) is 0. The van der Waals surface area contributed by atoms with Crippen LogP contribution < -0.4 is 0 Å². The van der Waals surface area contributed by atoms with Gasteiger partial charge in [0, 0.05) is 18.9 Å². The number of aryl methyl sites for hydroxylation is 1. The first-order valence-electron chi connectivity index (χ1n) is 3.55. The first-order chi connectivity index (χ1) is 5.20. The summed E-state index contributed by atoms with van der Waals surface area (Å²) in [4.78, 5) is 3.84. The van der Waals surface area contributed by atoms with E-state index in [0.29, 0.717) is 11.7 Å². The van der Waals surface area contributed by atoms with Crippen molar-refractivity contribution >= 4 is 11.6 Å². The van der Waals surface area contributed by atoms with Crippen molar-refractivity contribution < 1.29 is 5.11 Å². The fourth-order valence-electron chi connectivity index (χ4n) is 0.804. The van der Waals surface area contributed by atoms with E-state index in [1.165, 1.54) is 0 Å². The lowest BCUT2D eigenvalue weighted by molar-refractivity contribution is 0.178. The quantitative estimate of drug-likeness (QED) is 0.751. The van der Waals surface area contributed by atoms with Gasteiger partial charge in [-0.1, -0.05) is 0 Å². The summed E-state index contributed by atoms with van der Waals surface area (Å²) in [6, 6.07) is 0. The Bertz CT molecular complexity index is 222. The van der Waals surface area contributed by atoms with Gasteiger partial charge in [-0.25, -0.2) is 4.98 Å². The Hall–Kier alpha value is -0.540. The monoisotopic (exact) mass is 174 g/mol. The molecule has 1 N–H and O–H groups in total. The minimum Gasteiger partial charge on any atom is -0.393 e. The van der Waals surface area contributed by atoms with E-state index < -0.39 is 0 Å². The summed E-state index contributed by atoms with van der Waals surface area (Å²) in [5, 5.41) is 9.44. The molecule has 1 rings (SSSR count). The van der Waals surface area contributed by atoms with Gasteiger partial charge in [-0.15, -0.1) is 0 Å². The van der Waals surface area contributed by atoms with Crippen molar-refractivity contribution in [1.82, 2.24) is 9.55 Å². The van der Waals surface area contributed by atoms with E-state index in [2.05, 4.69) is 4.98 Å². The number of rotatable bonds is 3. The second kappa shape index (κ2) is 3.74. The first kappa shape index (κ1) is 8.56. The van der Waals surface area contributed by atoms with E-state index in [1.54, 1.807) is 23.9 Å². The fraction of sp³-hybridized carbons (Fsp3) is 0.571. The number of imidazole rings is 1. The molecular formula is C7H11ClN2O. The molecule has 0 saturated heterocycles. The van der Waals surface area contributed by atoms with Gasteiger partial charge >= 0.3 is 0 Å².